The van der Waals surface area contributed by atoms with Gasteiger partial charge in [0.15, 0.2) is 6.61 Å². The molecule has 0 aliphatic carbocycles. The van der Waals surface area contributed by atoms with Crippen molar-refractivity contribution < 1.29 is 18.7 Å². The van der Waals surface area contributed by atoms with Gasteiger partial charge in [-0.2, -0.15) is 0 Å². The van der Waals surface area contributed by atoms with E-state index in [1.54, 1.807) is 25.1 Å². The van der Waals surface area contributed by atoms with Crippen LogP contribution in [0.15, 0.2) is 65.1 Å². The minimum atomic E-state index is -0.707. The summed E-state index contributed by atoms with van der Waals surface area (Å²) in [6.07, 6.45) is 0. The fourth-order valence-corrected chi connectivity index (χ4v) is 3.85. The van der Waals surface area contributed by atoms with Gasteiger partial charge in [0, 0.05) is 13.1 Å². The van der Waals surface area contributed by atoms with E-state index in [4.69, 9.17) is 4.74 Å². The summed E-state index contributed by atoms with van der Waals surface area (Å²) in [5.74, 6) is -0.421. The summed E-state index contributed by atoms with van der Waals surface area (Å²) in [6.45, 7) is 3.87. The summed E-state index contributed by atoms with van der Waals surface area (Å²) in [7, 11) is 0. The van der Waals surface area contributed by atoms with E-state index >= 15 is 0 Å². The molecule has 3 rings (SSSR count). The Bertz CT molecular complexity index is 1070. The molecule has 0 aliphatic rings. The number of nitrogens with zero attached hydrogens (tertiary/aromatic N) is 1. The predicted octanol–water partition coefficient (Wildman–Crippen LogP) is 4.67. The van der Waals surface area contributed by atoms with Gasteiger partial charge in [0.2, 0.25) is 5.91 Å². The molecule has 0 bridgehead atoms. The Kier molecular flexibility index (Phi) is 7.63. The highest BCUT2D eigenvalue weighted by Gasteiger charge is 2.26. The van der Waals surface area contributed by atoms with Crippen molar-refractivity contribution in [1.29, 1.82) is 0 Å². The number of benzene rings is 3. The molecule has 162 valence electrons. The fraction of sp³-hybridized carbons (Fsp3) is 0.250. The van der Waals surface area contributed by atoms with E-state index in [9.17, 15) is 14.0 Å². The van der Waals surface area contributed by atoms with Crippen LogP contribution in [0.5, 0.6) is 5.75 Å². The minimum absolute atomic E-state index is 0.166. The largest absolute Gasteiger partial charge is 0.483 e. The first-order valence-electron chi connectivity index (χ1n) is 10.0. The van der Waals surface area contributed by atoms with E-state index in [1.165, 1.54) is 17.0 Å². The third-order valence-corrected chi connectivity index (χ3v) is 5.78. The second-order valence-electron chi connectivity index (χ2n) is 7.11. The van der Waals surface area contributed by atoms with Crippen molar-refractivity contribution in [3.8, 4) is 5.75 Å². The standard InChI is InChI=1S/C24H24BrFN2O3/c1-3-27-24(30)16(2)28(14-17-8-11-19(26)12-9-17)22(29)15-31-21-13-10-18-6-4-5-7-20(18)23(21)25/h4-13,16H,3,14-15H2,1-2H3,(H,27,30)/t16-/m0/s1. The lowest BCUT2D eigenvalue weighted by atomic mass is 10.1. The Morgan fingerprint density at radius 1 is 1.10 bits per heavy atom. The summed E-state index contributed by atoms with van der Waals surface area (Å²) in [5.41, 5.74) is 0.720. The molecule has 3 aromatic rings. The summed E-state index contributed by atoms with van der Waals surface area (Å²) in [6, 6.07) is 16.7. The van der Waals surface area contributed by atoms with Gasteiger partial charge in [-0.25, -0.2) is 4.39 Å². The number of rotatable bonds is 8. The fourth-order valence-electron chi connectivity index (χ4n) is 3.24. The van der Waals surface area contributed by atoms with Crippen molar-refractivity contribution >= 4 is 38.5 Å². The quantitative estimate of drug-likeness (QED) is 0.503. The molecule has 0 unspecified atom stereocenters. The molecule has 3 aromatic carbocycles. The van der Waals surface area contributed by atoms with Crippen LogP contribution in [0, 0.1) is 5.82 Å². The maximum Gasteiger partial charge on any atom is 0.261 e. The van der Waals surface area contributed by atoms with Gasteiger partial charge in [0.1, 0.15) is 17.6 Å². The molecule has 0 spiro atoms. The van der Waals surface area contributed by atoms with Gasteiger partial charge in [-0.15, -0.1) is 0 Å². The third-order valence-electron chi connectivity index (χ3n) is 4.96. The summed E-state index contributed by atoms with van der Waals surface area (Å²) in [4.78, 5) is 26.9. The molecule has 0 heterocycles. The van der Waals surface area contributed by atoms with E-state index in [2.05, 4.69) is 21.2 Å². The van der Waals surface area contributed by atoms with Gasteiger partial charge in [0.25, 0.3) is 5.91 Å². The van der Waals surface area contributed by atoms with Gasteiger partial charge in [-0.3, -0.25) is 9.59 Å². The second-order valence-corrected chi connectivity index (χ2v) is 7.90. The number of fused-ring (bicyclic) bond motifs is 1. The number of nitrogens with one attached hydrogen (secondary N) is 1. The highest BCUT2D eigenvalue weighted by molar-refractivity contribution is 9.10. The lowest BCUT2D eigenvalue weighted by Gasteiger charge is -2.28. The van der Waals surface area contributed by atoms with Crippen LogP contribution in [0.3, 0.4) is 0 Å². The molecule has 1 atom stereocenters. The topological polar surface area (TPSA) is 58.6 Å². The van der Waals surface area contributed by atoms with Crippen molar-refractivity contribution in [2.45, 2.75) is 26.4 Å². The van der Waals surface area contributed by atoms with E-state index in [0.717, 1.165) is 20.8 Å². The summed E-state index contributed by atoms with van der Waals surface area (Å²) < 4.78 is 19.8. The third kappa shape index (κ3) is 5.61. The van der Waals surface area contributed by atoms with Crippen LogP contribution in [-0.4, -0.2) is 35.9 Å². The number of amides is 2. The number of carbonyl (C=O) groups excluding carboxylic acids is 2. The number of carbonyl (C=O) groups is 2. The Labute approximate surface area is 189 Å². The Morgan fingerprint density at radius 3 is 2.52 bits per heavy atom. The molecule has 0 saturated heterocycles. The average Bonchev–Trinajstić information content (AvgIpc) is 2.78. The minimum Gasteiger partial charge on any atom is -0.483 e. The lowest BCUT2D eigenvalue weighted by molar-refractivity contribution is -0.142. The molecule has 5 nitrogen and oxygen atoms in total. The summed E-state index contributed by atoms with van der Waals surface area (Å²) >= 11 is 3.55. The number of hydrogen-bond donors (Lipinski definition) is 1. The van der Waals surface area contributed by atoms with Gasteiger partial charge in [-0.1, -0.05) is 42.5 Å². The SMILES string of the molecule is CCNC(=O)[C@H](C)N(Cc1ccc(F)cc1)C(=O)COc1ccc2ccccc2c1Br. The molecular weight excluding hydrogens is 463 g/mol. The maximum absolute atomic E-state index is 13.3. The number of hydrogen-bond acceptors (Lipinski definition) is 3. The Hall–Kier alpha value is -2.93. The number of likely N-dealkylation sites (N-methyl/N-ethyl adjacent to an activating group) is 1. The summed E-state index contributed by atoms with van der Waals surface area (Å²) in [5, 5.41) is 4.77. The van der Waals surface area contributed by atoms with Crippen molar-refractivity contribution in [2.75, 3.05) is 13.2 Å². The molecule has 0 aliphatic heterocycles. The number of ether oxygens (including phenoxy) is 1. The van der Waals surface area contributed by atoms with E-state index in [1.807, 2.05) is 37.3 Å². The van der Waals surface area contributed by atoms with Gasteiger partial charge >= 0.3 is 0 Å². The second kappa shape index (κ2) is 10.4. The molecular formula is C24H24BrFN2O3. The van der Waals surface area contributed by atoms with E-state index in [0.29, 0.717) is 12.3 Å². The molecule has 0 aromatic heterocycles. The first kappa shape index (κ1) is 22.7. The van der Waals surface area contributed by atoms with Gasteiger partial charge in [-0.05, 0) is 64.3 Å². The van der Waals surface area contributed by atoms with Crippen LogP contribution in [0.25, 0.3) is 10.8 Å². The van der Waals surface area contributed by atoms with Crippen molar-refractivity contribution in [2.24, 2.45) is 0 Å². The molecule has 1 N–H and O–H groups in total. The zero-order valence-electron chi connectivity index (χ0n) is 17.4. The Balaban J connectivity index is 1.78. The van der Waals surface area contributed by atoms with E-state index < -0.39 is 6.04 Å². The smallest absolute Gasteiger partial charge is 0.261 e. The zero-order chi connectivity index (χ0) is 22.4. The molecule has 7 heteroatoms. The van der Waals surface area contributed by atoms with Gasteiger partial charge < -0.3 is 15.0 Å². The van der Waals surface area contributed by atoms with Crippen molar-refractivity contribution in [1.82, 2.24) is 10.2 Å². The van der Waals surface area contributed by atoms with Crippen LogP contribution in [0.2, 0.25) is 0 Å². The van der Waals surface area contributed by atoms with Crippen LogP contribution < -0.4 is 10.1 Å². The van der Waals surface area contributed by atoms with Crippen LogP contribution >= 0.6 is 15.9 Å². The normalized spacial score (nSPS) is 11.7. The van der Waals surface area contributed by atoms with Crippen molar-refractivity contribution in [3.05, 3.63) is 76.5 Å². The monoisotopic (exact) mass is 486 g/mol. The first-order chi connectivity index (χ1) is 14.9. The molecule has 0 saturated carbocycles. The van der Waals surface area contributed by atoms with Crippen LogP contribution in [0.4, 0.5) is 4.39 Å². The highest BCUT2D eigenvalue weighted by atomic mass is 79.9. The molecule has 0 radical (unpaired) electrons. The Morgan fingerprint density at radius 2 is 1.81 bits per heavy atom. The maximum atomic E-state index is 13.3. The lowest BCUT2D eigenvalue weighted by Crippen LogP contribution is -2.49. The molecule has 0 fully saturated rings. The number of halogens is 2. The predicted molar refractivity (Wildman–Crippen MR) is 122 cm³/mol. The average molecular weight is 487 g/mol. The highest BCUT2D eigenvalue weighted by Crippen LogP contribution is 2.33. The van der Waals surface area contributed by atoms with E-state index in [-0.39, 0.29) is 30.8 Å². The molecule has 2 amide bonds. The molecule has 31 heavy (non-hydrogen) atoms. The van der Waals surface area contributed by atoms with Crippen LogP contribution in [-0.2, 0) is 16.1 Å². The first-order valence-corrected chi connectivity index (χ1v) is 10.8. The van der Waals surface area contributed by atoms with Crippen molar-refractivity contribution in [3.63, 3.8) is 0 Å². The zero-order valence-corrected chi connectivity index (χ0v) is 19.0. The van der Waals surface area contributed by atoms with Crippen LogP contribution in [0.1, 0.15) is 19.4 Å². The van der Waals surface area contributed by atoms with Gasteiger partial charge in [0.05, 0.1) is 4.47 Å².